The largest absolute Gasteiger partial charge is 0.384 e. The van der Waals surface area contributed by atoms with Crippen LogP contribution < -0.4 is 21.4 Å². The predicted octanol–water partition coefficient (Wildman–Crippen LogP) is 6.33. The van der Waals surface area contributed by atoms with Crippen LogP contribution in [0.2, 0.25) is 0 Å². The zero-order valence-corrected chi connectivity index (χ0v) is 22.2. The topological polar surface area (TPSA) is 69.0 Å². The van der Waals surface area contributed by atoms with Gasteiger partial charge in [0.2, 0.25) is 5.43 Å². The molecular weight excluding hydrogens is 598 g/mol. The Bertz CT molecular complexity index is 1030. The van der Waals surface area contributed by atoms with E-state index in [0.29, 0.717) is 6.04 Å². The summed E-state index contributed by atoms with van der Waals surface area (Å²) >= 11 is 8.70. The lowest BCUT2D eigenvalue weighted by molar-refractivity contribution is 0.497. The SMILES string of the molecule is Cl.Cl.Cl.O=c1cc(NCCCN[C@H]2CCNc3c(Br)cc(Br)cc32)[nH]c2ccsc12. The van der Waals surface area contributed by atoms with Gasteiger partial charge in [-0.25, -0.2) is 0 Å². The molecule has 5 nitrogen and oxygen atoms in total. The van der Waals surface area contributed by atoms with Gasteiger partial charge in [0.25, 0.3) is 0 Å². The lowest BCUT2D eigenvalue weighted by Crippen LogP contribution is -2.30. The third-order valence-electron chi connectivity index (χ3n) is 4.69. The fourth-order valence-corrected chi connectivity index (χ4v) is 5.58. The molecule has 30 heavy (non-hydrogen) atoms. The third kappa shape index (κ3) is 6.28. The van der Waals surface area contributed by atoms with E-state index in [0.717, 1.165) is 57.5 Å². The molecule has 4 N–H and O–H groups in total. The Kier molecular flexibility index (Phi) is 11.5. The fourth-order valence-electron chi connectivity index (χ4n) is 3.42. The number of anilines is 2. The minimum Gasteiger partial charge on any atom is -0.384 e. The standard InChI is InChI=1S/C19H20Br2N4OS.3ClH/c20-11-8-12-14(2-6-24-18(12)13(21)9-11)22-4-1-5-23-17-10-16(26)19-15(25-17)3-7-27-19;;;/h3,7-10,14,22,24H,1-2,4-6H2,(H2,23,25,26);3*1H/t14-;;;/m0.../s1. The molecule has 0 spiro atoms. The number of aromatic nitrogens is 1. The molecule has 4 rings (SSSR count). The lowest BCUT2D eigenvalue weighted by atomic mass is 9.98. The van der Waals surface area contributed by atoms with Crippen LogP contribution in [0, 0.1) is 0 Å². The number of hydrogen-bond donors (Lipinski definition) is 4. The van der Waals surface area contributed by atoms with Gasteiger partial charge in [-0.1, -0.05) is 15.9 Å². The normalized spacial score (nSPS) is 14.5. The molecule has 0 aliphatic carbocycles. The first-order valence-corrected chi connectivity index (χ1v) is 11.4. The van der Waals surface area contributed by atoms with Crippen molar-refractivity contribution < 1.29 is 0 Å². The van der Waals surface area contributed by atoms with Crippen molar-refractivity contribution in [3.05, 3.63) is 54.4 Å². The van der Waals surface area contributed by atoms with E-state index < -0.39 is 0 Å². The maximum Gasteiger partial charge on any atom is 0.201 e. The van der Waals surface area contributed by atoms with E-state index in [1.54, 1.807) is 6.07 Å². The first kappa shape index (κ1) is 27.6. The monoisotopic (exact) mass is 618 g/mol. The molecule has 2 aromatic heterocycles. The molecule has 0 fully saturated rings. The molecule has 1 atom stereocenters. The Morgan fingerprint density at radius 2 is 1.93 bits per heavy atom. The highest BCUT2D eigenvalue weighted by atomic mass is 79.9. The summed E-state index contributed by atoms with van der Waals surface area (Å²) in [6, 6.07) is 8.19. The van der Waals surface area contributed by atoms with Gasteiger partial charge in [-0.15, -0.1) is 48.6 Å². The summed E-state index contributed by atoms with van der Waals surface area (Å²) in [7, 11) is 0. The highest BCUT2D eigenvalue weighted by Crippen LogP contribution is 2.38. The van der Waals surface area contributed by atoms with Crippen LogP contribution in [0.1, 0.15) is 24.4 Å². The molecule has 166 valence electrons. The molecule has 0 radical (unpaired) electrons. The van der Waals surface area contributed by atoms with Gasteiger partial charge in [0, 0.05) is 34.1 Å². The van der Waals surface area contributed by atoms with Crippen molar-refractivity contribution in [1.82, 2.24) is 10.3 Å². The summed E-state index contributed by atoms with van der Waals surface area (Å²) in [5.74, 6) is 0.783. The summed E-state index contributed by atoms with van der Waals surface area (Å²) in [6.07, 6.45) is 2.03. The van der Waals surface area contributed by atoms with Gasteiger partial charge in [0.05, 0.1) is 15.9 Å². The van der Waals surface area contributed by atoms with Gasteiger partial charge in [-0.05, 0) is 64.5 Å². The van der Waals surface area contributed by atoms with E-state index >= 15 is 0 Å². The number of halogens is 5. The summed E-state index contributed by atoms with van der Waals surface area (Å²) in [6.45, 7) is 2.68. The van der Waals surface area contributed by atoms with E-state index in [-0.39, 0.29) is 42.6 Å². The van der Waals surface area contributed by atoms with E-state index in [1.807, 2.05) is 11.4 Å². The van der Waals surface area contributed by atoms with Gasteiger partial charge >= 0.3 is 0 Å². The highest BCUT2D eigenvalue weighted by molar-refractivity contribution is 9.11. The number of hydrogen-bond acceptors (Lipinski definition) is 5. The average Bonchev–Trinajstić information content (AvgIpc) is 3.11. The molecule has 3 aromatic rings. The molecule has 0 amide bonds. The minimum atomic E-state index is 0. The first-order chi connectivity index (χ1) is 13.1. The molecule has 0 saturated carbocycles. The number of rotatable bonds is 6. The van der Waals surface area contributed by atoms with Crippen molar-refractivity contribution in [3.8, 4) is 0 Å². The smallest absolute Gasteiger partial charge is 0.201 e. The quantitative estimate of drug-likeness (QED) is 0.243. The lowest BCUT2D eigenvalue weighted by Gasteiger charge is -2.29. The van der Waals surface area contributed by atoms with Crippen LogP contribution in [0.4, 0.5) is 11.5 Å². The molecular formula is C19H23Br2Cl3N4OS. The zero-order chi connectivity index (χ0) is 18.8. The van der Waals surface area contributed by atoms with Crippen molar-refractivity contribution in [2.24, 2.45) is 0 Å². The van der Waals surface area contributed by atoms with Crippen LogP contribution >= 0.6 is 80.4 Å². The maximum absolute atomic E-state index is 12.1. The molecule has 3 heterocycles. The molecule has 1 aliphatic rings. The third-order valence-corrected chi connectivity index (χ3v) is 6.70. The second kappa shape index (κ2) is 12.5. The van der Waals surface area contributed by atoms with E-state index in [4.69, 9.17) is 0 Å². The minimum absolute atomic E-state index is 0. The van der Waals surface area contributed by atoms with Gasteiger partial charge in [-0.2, -0.15) is 0 Å². The summed E-state index contributed by atoms with van der Waals surface area (Å²) in [5, 5.41) is 12.4. The van der Waals surface area contributed by atoms with Gasteiger partial charge < -0.3 is 20.9 Å². The van der Waals surface area contributed by atoms with Crippen LogP contribution in [-0.2, 0) is 0 Å². The number of fused-ring (bicyclic) bond motifs is 2. The van der Waals surface area contributed by atoms with E-state index in [1.165, 1.54) is 22.6 Å². The van der Waals surface area contributed by atoms with E-state index in [2.05, 4.69) is 64.9 Å². The predicted molar refractivity (Wildman–Crippen MR) is 143 cm³/mol. The molecule has 0 bridgehead atoms. The second-order valence-corrected chi connectivity index (χ2v) is 9.25. The van der Waals surface area contributed by atoms with Gasteiger partial charge in [0.1, 0.15) is 5.82 Å². The fraction of sp³-hybridized carbons (Fsp3) is 0.316. The van der Waals surface area contributed by atoms with Gasteiger partial charge in [0.15, 0.2) is 0 Å². The summed E-state index contributed by atoms with van der Waals surface area (Å²) < 4.78 is 2.95. The number of H-pyrrole nitrogens is 1. The van der Waals surface area contributed by atoms with Crippen LogP contribution in [0.15, 0.2) is 43.4 Å². The number of benzene rings is 1. The Morgan fingerprint density at radius 1 is 1.13 bits per heavy atom. The van der Waals surface area contributed by atoms with Gasteiger partial charge in [-0.3, -0.25) is 4.79 Å². The van der Waals surface area contributed by atoms with Crippen LogP contribution in [-0.4, -0.2) is 24.6 Å². The van der Waals surface area contributed by atoms with Crippen molar-refractivity contribution in [2.45, 2.75) is 18.9 Å². The van der Waals surface area contributed by atoms with Crippen LogP contribution in [0.25, 0.3) is 10.2 Å². The number of thiophene rings is 1. The van der Waals surface area contributed by atoms with Crippen LogP contribution in [0.3, 0.4) is 0 Å². The Morgan fingerprint density at radius 3 is 2.73 bits per heavy atom. The summed E-state index contributed by atoms with van der Waals surface area (Å²) in [4.78, 5) is 15.3. The molecule has 11 heteroatoms. The Balaban J connectivity index is 0.00000150. The second-order valence-electron chi connectivity index (χ2n) is 6.56. The molecule has 1 aromatic carbocycles. The number of pyridine rings is 1. The maximum atomic E-state index is 12.1. The Hall–Kier alpha value is -0.480. The molecule has 0 unspecified atom stereocenters. The van der Waals surface area contributed by atoms with Crippen molar-refractivity contribution >= 4 is 102 Å². The molecule has 1 aliphatic heterocycles. The first-order valence-electron chi connectivity index (χ1n) is 8.92. The Labute approximate surface area is 214 Å². The zero-order valence-electron chi connectivity index (χ0n) is 15.8. The number of nitrogens with one attached hydrogen (secondary N) is 4. The van der Waals surface area contributed by atoms with Crippen LogP contribution in [0.5, 0.6) is 0 Å². The summed E-state index contributed by atoms with van der Waals surface area (Å²) in [5.41, 5.74) is 3.45. The van der Waals surface area contributed by atoms with Crippen molar-refractivity contribution in [2.75, 3.05) is 30.3 Å². The van der Waals surface area contributed by atoms with E-state index in [9.17, 15) is 4.79 Å². The van der Waals surface area contributed by atoms with Crippen molar-refractivity contribution in [1.29, 1.82) is 0 Å². The highest BCUT2D eigenvalue weighted by Gasteiger charge is 2.21. The van der Waals surface area contributed by atoms with Crippen molar-refractivity contribution in [3.63, 3.8) is 0 Å². The molecule has 0 saturated heterocycles. The number of aromatic amines is 1. The average molecular weight is 622 g/mol.